The molecule has 1 fully saturated rings. The summed E-state index contributed by atoms with van der Waals surface area (Å²) in [4.78, 5) is 24.9. The highest BCUT2D eigenvalue weighted by atomic mass is 16.7. The van der Waals surface area contributed by atoms with Gasteiger partial charge in [-0.2, -0.15) is 0 Å². The molecule has 1 aromatic rings. The summed E-state index contributed by atoms with van der Waals surface area (Å²) < 4.78 is 16.7. The monoisotopic (exact) mass is 433 g/mol. The Morgan fingerprint density at radius 1 is 1.16 bits per heavy atom. The highest BCUT2D eigenvalue weighted by Crippen LogP contribution is 2.38. The van der Waals surface area contributed by atoms with Gasteiger partial charge < -0.3 is 19.5 Å². The van der Waals surface area contributed by atoms with E-state index in [1.807, 2.05) is 13.8 Å². The van der Waals surface area contributed by atoms with Crippen molar-refractivity contribution in [3.05, 3.63) is 29.3 Å². The van der Waals surface area contributed by atoms with Gasteiger partial charge in [-0.15, -0.1) is 0 Å². The van der Waals surface area contributed by atoms with Gasteiger partial charge in [0.2, 0.25) is 6.79 Å². The average Bonchev–Trinajstić information content (AvgIpc) is 3.48. The fourth-order valence-corrected chi connectivity index (χ4v) is 3.37. The van der Waals surface area contributed by atoms with Gasteiger partial charge >= 0.3 is 12.1 Å². The van der Waals surface area contributed by atoms with E-state index in [-0.39, 0.29) is 12.7 Å². The maximum atomic E-state index is 12.8. The summed E-state index contributed by atoms with van der Waals surface area (Å²) in [6.07, 6.45) is 3.57. The maximum absolute atomic E-state index is 12.8. The molecule has 31 heavy (non-hydrogen) atoms. The number of carbonyl (C=O) groups excluding carboxylic acids is 2. The van der Waals surface area contributed by atoms with E-state index in [4.69, 9.17) is 14.2 Å². The minimum Gasteiger partial charge on any atom is -0.457 e. The molecule has 0 bridgehead atoms. The van der Waals surface area contributed by atoms with Gasteiger partial charge in [0.15, 0.2) is 0 Å². The van der Waals surface area contributed by atoms with Crippen LogP contribution in [0.1, 0.15) is 84.8 Å². The van der Waals surface area contributed by atoms with Crippen LogP contribution in [-0.2, 0) is 20.7 Å². The van der Waals surface area contributed by atoms with Crippen LogP contribution in [-0.4, -0.2) is 30.5 Å². The highest BCUT2D eigenvalue weighted by molar-refractivity contribution is 5.81. The number of esters is 1. The number of ether oxygens (including phenoxy) is 3. The van der Waals surface area contributed by atoms with Crippen molar-refractivity contribution in [3.63, 3.8) is 0 Å². The first-order chi connectivity index (χ1) is 14.5. The van der Waals surface area contributed by atoms with Crippen LogP contribution in [0, 0.1) is 11.8 Å². The Labute approximate surface area is 187 Å². The molecule has 6 heteroatoms. The van der Waals surface area contributed by atoms with Crippen LogP contribution in [0.2, 0.25) is 0 Å². The molecular formula is C25H39NO5. The Kier molecular flexibility index (Phi) is 8.78. The van der Waals surface area contributed by atoms with Crippen LogP contribution in [0.5, 0.6) is 5.75 Å². The summed E-state index contributed by atoms with van der Waals surface area (Å²) in [5.41, 5.74) is 1.63. The molecule has 0 radical (unpaired) electrons. The number of alkyl carbamates (subject to hydrolysis) is 1. The van der Waals surface area contributed by atoms with Crippen molar-refractivity contribution in [1.29, 1.82) is 0 Å². The molecule has 0 spiro atoms. The molecule has 1 saturated carbocycles. The average molecular weight is 434 g/mol. The third kappa shape index (κ3) is 8.08. The molecule has 0 heterocycles. The highest BCUT2D eigenvalue weighted by Gasteiger charge is 2.30. The van der Waals surface area contributed by atoms with E-state index in [9.17, 15) is 9.59 Å². The van der Waals surface area contributed by atoms with Gasteiger partial charge in [-0.1, -0.05) is 52.3 Å². The van der Waals surface area contributed by atoms with Gasteiger partial charge in [0.05, 0.1) is 0 Å². The minimum atomic E-state index is -0.797. The molecule has 1 aromatic carbocycles. The first-order valence-electron chi connectivity index (χ1n) is 11.4. The van der Waals surface area contributed by atoms with Crippen molar-refractivity contribution >= 4 is 12.1 Å². The summed E-state index contributed by atoms with van der Waals surface area (Å²) in [7, 11) is 0. The SMILES string of the molecule is CCC(C)C(NC(=O)OC(C)(C)C)C(=O)OCOc1c(CC2CC2)cccc1C(C)C. The minimum absolute atomic E-state index is 0.103. The number of amides is 1. The Morgan fingerprint density at radius 2 is 1.84 bits per heavy atom. The van der Waals surface area contributed by atoms with Crippen molar-refractivity contribution in [3.8, 4) is 5.75 Å². The molecule has 174 valence electrons. The van der Waals surface area contributed by atoms with Gasteiger partial charge in [0.1, 0.15) is 17.4 Å². The molecule has 1 aliphatic rings. The predicted octanol–water partition coefficient (Wildman–Crippen LogP) is 5.58. The molecular weight excluding hydrogens is 394 g/mol. The number of carbonyl (C=O) groups is 2. The predicted molar refractivity (Wildman–Crippen MR) is 121 cm³/mol. The molecule has 2 unspecified atom stereocenters. The Bertz CT molecular complexity index is 749. The van der Waals surface area contributed by atoms with E-state index in [1.54, 1.807) is 20.8 Å². The second kappa shape index (κ2) is 10.9. The topological polar surface area (TPSA) is 73.9 Å². The number of hydrogen-bond acceptors (Lipinski definition) is 5. The van der Waals surface area contributed by atoms with Gasteiger partial charge in [0.25, 0.3) is 0 Å². The van der Waals surface area contributed by atoms with E-state index in [1.165, 1.54) is 12.8 Å². The lowest BCUT2D eigenvalue weighted by atomic mass is 9.97. The molecule has 1 amide bonds. The lowest BCUT2D eigenvalue weighted by Gasteiger charge is -2.26. The third-order valence-electron chi connectivity index (χ3n) is 5.50. The van der Waals surface area contributed by atoms with Crippen LogP contribution >= 0.6 is 0 Å². The molecule has 0 saturated heterocycles. The Balaban J connectivity index is 2.03. The van der Waals surface area contributed by atoms with Crippen molar-refractivity contribution in [1.82, 2.24) is 5.32 Å². The second-order valence-electron chi connectivity index (χ2n) is 9.87. The zero-order valence-corrected chi connectivity index (χ0v) is 20.1. The first kappa shape index (κ1) is 25.0. The standard InChI is InChI=1S/C25H39NO5/c1-8-17(4)21(26-24(28)31-25(5,6)7)23(27)30-15-29-22-19(14-18-12-13-18)10-9-11-20(22)16(2)3/h9-11,16-18,21H,8,12-15H2,1-7H3,(H,26,28). The number of rotatable bonds is 10. The fourth-order valence-electron chi connectivity index (χ4n) is 3.37. The normalized spacial score (nSPS) is 15.9. The van der Waals surface area contributed by atoms with Crippen LogP contribution < -0.4 is 10.1 Å². The van der Waals surface area contributed by atoms with Gasteiger partial charge in [-0.3, -0.25) is 0 Å². The van der Waals surface area contributed by atoms with E-state index < -0.39 is 23.7 Å². The second-order valence-corrected chi connectivity index (χ2v) is 9.87. The van der Waals surface area contributed by atoms with Gasteiger partial charge in [0, 0.05) is 0 Å². The quantitative estimate of drug-likeness (QED) is 0.385. The van der Waals surface area contributed by atoms with E-state index in [2.05, 4.69) is 37.4 Å². The van der Waals surface area contributed by atoms with Crippen molar-refractivity contribution in [2.75, 3.05) is 6.79 Å². The van der Waals surface area contributed by atoms with E-state index >= 15 is 0 Å². The van der Waals surface area contributed by atoms with Crippen LogP contribution in [0.3, 0.4) is 0 Å². The van der Waals surface area contributed by atoms with Crippen LogP contribution in [0.4, 0.5) is 4.79 Å². The molecule has 2 rings (SSSR count). The van der Waals surface area contributed by atoms with Gasteiger partial charge in [-0.25, -0.2) is 9.59 Å². The van der Waals surface area contributed by atoms with E-state index in [0.29, 0.717) is 12.3 Å². The van der Waals surface area contributed by atoms with Crippen LogP contribution in [0.25, 0.3) is 0 Å². The summed E-state index contributed by atoms with van der Waals surface area (Å²) in [5.74, 6) is 1.21. The molecule has 0 aliphatic heterocycles. The van der Waals surface area contributed by atoms with Crippen molar-refractivity contribution in [2.24, 2.45) is 11.8 Å². The van der Waals surface area contributed by atoms with E-state index in [0.717, 1.165) is 29.2 Å². The molecule has 0 aromatic heterocycles. The summed E-state index contributed by atoms with van der Waals surface area (Å²) in [5, 5.41) is 2.66. The Morgan fingerprint density at radius 3 is 2.39 bits per heavy atom. The summed E-state index contributed by atoms with van der Waals surface area (Å²) in [6, 6.07) is 5.42. The number of nitrogens with one attached hydrogen (secondary N) is 1. The lowest BCUT2D eigenvalue weighted by molar-refractivity contribution is -0.154. The largest absolute Gasteiger partial charge is 0.457 e. The number of hydrogen-bond donors (Lipinski definition) is 1. The van der Waals surface area contributed by atoms with Crippen molar-refractivity contribution < 1.29 is 23.8 Å². The molecule has 1 aliphatic carbocycles. The number of para-hydroxylation sites is 1. The number of benzene rings is 1. The zero-order valence-electron chi connectivity index (χ0n) is 20.1. The summed E-state index contributed by atoms with van der Waals surface area (Å²) in [6.45, 7) is 13.3. The first-order valence-corrected chi connectivity index (χ1v) is 11.4. The smallest absolute Gasteiger partial charge is 0.408 e. The molecule has 2 atom stereocenters. The molecule has 1 N–H and O–H groups in total. The van der Waals surface area contributed by atoms with Crippen molar-refractivity contribution in [2.45, 2.75) is 91.7 Å². The third-order valence-corrected chi connectivity index (χ3v) is 5.50. The van der Waals surface area contributed by atoms with Crippen LogP contribution in [0.15, 0.2) is 18.2 Å². The zero-order chi connectivity index (χ0) is 23.2. The van der Waals surface area contributed by atoms with Gasteiger partial charge in [-0.05, 0) is 68.9 Å². The summed E-state index contributed by atoms with van der Waals surface area (Å²) >= 11 is 0. The molecule has 6 nitrogen and oxygen atoms in total. The Hall–Kier alpha value is -2.24. The maximum Gasteiger partial charge on any atom is 0.408 e. The fraction of sp³-hybridized carbons (Fsp3) is 0.680. The lowest BCUT2D eigenvalue weighted by Crippen LogP contribution is -2.47.